The molecule has 1 aliphatic rings. The third kappa shape index (κ3) is 5.03. The van der Waals surface area contributed by atoms with Crippen LogP contribution in [0.3, 0.4) is 0 Å². The van der Waals surface area contributed by atoms with Crippen LogP contribution in [0.2, 0.25) is 0 Å². The van der Waals surface area contributed by atoms with Crippen molar-refractivity contribution in [1.29, 1.82) is 5.26 Å². The van der Waals surface area contributed by atoms with Crippen LogP contribution in [-0.2, 0) is 4.79 Å². The van der Waals surface area contributed by atoms with Crippen molar-refractivity contribution in [2.24, 2.45) is 0 Å². The minimum atomic E-state index is -0.579. The van der Waals surface area contributed by atoms with Gasteiger partial charge in [-0.1, -0.05) is 12.1 Å². The molecule has 1 N–H and O–H groups in total. The van der Waals surface area contributed by atoms with Crippen LogP contribution in [0, 0.1) is 11.3 Å². The highest BCUT2D eigenvalue weighted by molar-refractivity contribution is 7.10. The highest BCUT2D eigenvalue weighted by Crippen LogP contribution is 2.31. The third-order valence-corrected chi connectivity index (χ3v) is 6.21. The number of nitrogens with one attached hydrogen (secondary N) is 1. The topological polar surface area (TPSA) is 104 Å². The van der Waals surface area contributed by atoms with Crippen LogP contribution in [-0.4, -0.2) is 52.5 Å². The van der Waals surface area contributed by atoms with E-state index < -0.39 is 5.92 Å². The first-order valence-electron chi connectivity index (χ1n) is 10.5. The van der Waals surface area contributed by atoms with E-state index in [1.54, 1.807) is 19.4 Å². The Morgan fingerprint density at radius 3 is 3.03 bits per heavy atom. The maximum absolute atomic E-state index is 11.7. The number of rotatable bonds is 9. The Bertz CT molecular complexity index is 1130. The fraction of sp³-hybridized carbons (Fsp3) is 0.348. The van der Waals surface area contributed by atoms with Crippen LogP contribution in [0.5, 0.6) is 5.75 Å². The van der Waals surface area contributed by atoms with E-state index in [0.717, 1.165) is 42.9 Å². The largest absolute Gasteiger partial charge is 0.497 e. The Morgan fingerprint density at radius 1 is 1.34 bits per heavy atom. The van der Waals surface area contributed by atoms with Crippen molar-refractivity contribution < 1.29 is 9.53 Å². The van der Waals surface area contributed by atoms with Crippen molar-refractivity contribution in [2.75, 3.05) is 32.1 Å². The van der Waals surface area contributed by atoms with Gasteiger partial charge in [-0.05, 0) is 31.0 Å². The highest BCUT2D eigenvalue weighted by Gasteiger charge is 2.21. The van der Waals surface area contributed by atoms with Gasteiger partial charge in [0.2, 0.25) is 11.9 Å². The van der Waals surface area contributed by atoms with E-state index in [1.807, 2.05) is 34.5 Å². The Kier molecular flexibility index (Phi) is 6.92. The molecule has 1 unspecified atom stereocenters. The zero-order valence-electron chi connectivity index (χ0n) is 17.8. The first-order valence-corrected chi connectivity index (χ1v) is 11.4. The molecular formula is C23H24N6O2S. The Morgan fingerprint density at radius 2 is 2.25 bits per heavy atom. The number of benzene rings is 1. The zero-order chi connectivity index (χ0) is 22.3. The van der Waals surface area contributed by atoms with Crippen LogP contribution in [0.25, 0.3) is 11.3 Å². The van der Waals surface area contributed by atoms with Crippen molar-refractivity contribution in [1.82, 2.24) is 19.9 Å². The molecule has 0 aliphatic carbocycles. The average molecular weight is 449 g/mol. The van der Waals surface area contributed by atoms with Gasteiger partial charge in [0.05, 0.1) is 24.6 Å². The normalized spacial score (nSPS) is 14.2. The number of thiazole rings is 1. The highest BCUT2D eigenvalue weighted by atomic mass is 32.1. The van der Waals surface area contributed by atoms with Crippen molar-refractivity contribution in [3.63, 3.8) is 0 Å². The number of nitrogens with zero attached hydrogens (tertiary/aromatic N) is 5. The SMILES string of the molecule is COc1cccc(-c2csc(C(C#N)c3ccnc(NCCCN4CCCC4=O)n3)n2)c1. The predicted octanol–water partition coefficient (Wildman–Crippen LogP) is 3.69. The van der Waals surface area contributed by atoms with Gasteiger partial charge in [-0.3, -0.25) is 4.79 Å². The summed E-state index contributed by atoms with van der Waals surface area (Å²) in [5.41, 5.74) is 2.34. The molecule has 3 aromatic rings. The molecule has 1 aliphatic heterocycles. The standard InChI is InChI=1S/C23H24N6O2S/c1-31-17-6-2-5-16(13-17)20-15-32-22(27-20)18(14-24)19-8-10-26-23(28-19)25-9-4-12-29-11-3-7-21(29)30/h2,5-6,8,10,13,15,18H,3-4,7,9,11-12H2,1H3,(H,25,26,28). The van der Waals surface area contributed by atoms with Gasteiger partial charge in [-0.2, -0.15) is 5.26 Å². The number of anilines is 1. The maximum atomic E-state index is 11.7. The van der Waals surface area contributed by atoms with Gasteiger partial charge in [0.1, 0.15) is 16.7 Å². The van der Waals surface area contributed by atoms with E-state index in [9.17, 15) is 10.1 Å². The molecule has 164 valence electrons. The zero-order valence-corrected chi connectivity index (χ0v) is 18.6. The van der Waals surface area contributed by atoms with Gasteiger partial charge >= 0.3 is 0 Å². The lowest BCUT2D eigenvalue weighted by Gasteiger charge is -2.15. The second-order valence-corrected chi connectivity index (χ2v) is 8.32. The Labute approximate surface area is 190 Å². The molecule has 9 heteroatoms. The van der Waals surface area contributed by atoms with Gasteiger partial charge in [-0.25, -0.2) is 15.0 Å². The number of methoxy groups -OCH3 is 1. The van der Waals surface area contributed by atoms with E-state index in [2.05, 4.69) is 26.3 Å². The lowest BCUT2D eigenvalue weighted by Crippen LogP contribution is -2.27. The second kappa shape index (κ2) is 10.2. The van der Waals surface area contributed by atoms with Crippen molar-refractivity contribution in [3.8, 4) is 23.1 Å². The monoisotopic (exact) mass is 448 g/mol. The summed E-state index contributed by atoms with van der Waals surface area (Å²) in [5.74, 6) is 0.886. The molecule has 1 saturated heterocycles. The molecule has 8 nitrogen and oxygen atoms in total. The van der Waals surface area contributed by atoms with Crippen LogP contribution < -0.4 is 10.1 Å². The number of likely N-dealkylation sites (tertiary alicyclic amines) is 1. The van der Waals surface area contributed by atoms with Gasteiger partial charge < -0.3 is 15.0 Å². The fourth-order valence-corrected chi connectivity index (χ4v) is 4.49. The summed E-state index contributed by atoms with van der Waals surface area (Å²) >= 11 is 1.43. The predicted molar refractivity (Wildman–Crippen MR) is 123 cm³/mol. The van der Waals surface area contributed by atoms with Crippen LogP contribution in [0.15, 0.2) is 41.9 Å². The van der Waals surface area contributed by atoms with Crippen LogP contribution in [0.1, 0.15) is 35.9 Å². The maximum Gasteiger partial charge on any atom is 0.222 e. The van der Waals surface area contributed by atoms with Gasteiger partial charge in [-0.15, -0.1) is 11.3 Å². The number of ether oxygens (including phenoxy) is 1. The number of carbonyl (C=O) groups excluding carboxylic acids is 1. The second-order valence-electron chi connectivity index (χ2n) is 7.43. The van der Waals surface area contributed by atoms with E-state index in [0.29, 0.717) is 29.6 Å². The molecule has 1 atom stereocenters. The van der Waals surface area contributed by atoms with Crippen LogP contribution in [0.4, 0.5) is 5.95 Å². The summed E-state index contributed by atoms with van der Waals surface area (Å²) in [5, 5.41) is 15.6. The minimum absolute atomic E-state index is 0.233. The fourth-order valence-electron chi connectivity index (χ4n) is 3.61. The smallest absolute Gasteiger partial charge is 0.222 e. The quantitative estimate of drug-likeness (QED) is 0.498. The molecule has 32 heavy (non-hydrogen) atoms. The molecule has 0 spiro atoms. The van der Waals surface area contributed by atoms with E-state index in [-0.39, 0.29) is 5.91 Å². The summed E-state index contributed by atoms with van der Waals surface area (Å²) in [6.07, 6.45) is 4.07. The molecule has 4 rings (SSSR count). The lowest BCUT2D eigenvalue weighted by atomic mass is 10.1. The van der Waals surface area contributed by atoms with Crippen LogP contribution >= 0.6 is 11.3 Å². The van der Waals surface area contributed by atoms with E-state index in [4.69, 9.17) is 4.74 Å². The number of amides is 1. The molecule has 0 saturated carbocycles. The number of carbonyl (C=O) groups is 1. The van der Waals surface area contributed by atoms with Gasteiger partial charge in [0.25, 0.3) is 0 Å². The van der Waals surface area contributed by atoms with Crippen molar-refractivity contribution >= 4 is 23.2 Å². The molecule has 3 heterocycles. The van der Waals surface area contributed by atoms with E-state index >= 15 is 0 Å². The Hall–Kier alpha value is -3.51. The summed E-state index contributed by atoms with van der Waals surface area (Å²) in [7, 11) is 1.63. The minimum Gasteiger partial charge on any atom is -0.497 e. The number of hydrogen-bond acceptors (Lipinski definition) is 8. The van der Waals surface area contributed by atoms with E-state index in [1.165, 1.54) is 11.3 Å². The number of nitriles is 1. The molecular weight excluding hydrogens is 424 g/mol. The first-order chi connectivity index (χ1) is 15.7. The molecule has 1 amide bonds. The van der Waals surface area contributed by atoms with Gasteiger partial charge in [0, 0.05) is 43.2 Å². The van der Waals surface area contributed by atoms with Gasteiger partial charge in [0.15, 0.2) is 0 Å². The lowest BCUT2D eigenvalue weighted by molar-refractivity contribution is -0.127. The molecule has 1 fully saturated rings. The Balaban J connectivity index is 1.41. The number of hydrogen-bond donors (Lipinski definition) is 1. The average Bonchev–Trinajstić information content (AvgIpc) is 3.47. The molecule has 0 radical (unpaired) electrons. The summed E-state index contributed by atoms with van der Waals surface area (Å²) in [6, 6.07) is 11.7. The summed E-state index contributed by atoms with van der Waals surface area (Å²) in [4.78, 5) is 27.1. The molecule has 1 aromatic carbocycles. The van der Waals surface area contributed by atoms with Crippen molar-refractivity contribution in [2.45, 2.75) is 25.2 Å². The number of aromatic nitrogens is 3. The first kappa shape index (κ1) is 21.7. The summed E-state index contributed by atoms with van der Waals surface area (Å²) < 4.78 is 5.29. The third-order valence-electron chi connectivity index (χ3n) is 5.30. The summed E-state index contributed by atoms with van der Waals surface area (Å²) in [6.45, 7) is 2.24. The van der Waals surface area contributed by atoms with Crippen molar-refractivity contribution in [3.05, 3.63) is 52.6 Å². The molecule has 0 bridgehead atoms. The molecule has 2 aromatic heterocycles.